The Balaban J connectivity index is 2.73. The van der Waals surface area contributed by atoms with Gasteiger partial charge in [-0.1, -0.05) is 20.8 Å². The summed E-state index contributed by atoms with van der Waals surface area (Å²) in [6, 6.07) is 5.01. The Morgan fingerprint density at radius 3 is 2.29 bits per heavy atom. The van der Waals surface area contributed by atoms with E-state index in [1.165, 1.54) is 24.3 Å². The third-order valence-corrected chi connectivity index (χ3v) is 2.30. The summed E-state index contributed by atoms with van der Waals surface area (Å²) in [5.74, 6) is -1.23. The lowest BCUT2D eigenvalue weighted by Crippen LogP contribution is -2.33. The molecule has 17 heavy (non-hydrogen) atoms. The summed E-state index contributed by atoms with van der Waals surface area (Å²) in [6.07, 6.45) is 0.500. The van der Waals surface area contributed by atoms with Crippen molar-refractivity contribution < 1.29 is 14.3 Å². The number of rotatable bonds is 4. The van der Waals surface area contributed by atoms with Crippen LogP contribution < -0.4 is 5.32 Å². The first-order valence-corrected chi connectivity index (χ1v) is 5.53. The molecular formula is C13H18FNO2. The van der Waals surface area contributed by atoms with Gasteiger partial charge in [0.1, 0.15) is 11.9 Å². The molecule has 0 saturated heterocycles. The summed E-state index contributed by atoms with van der Waals surface area (Å²) in [5.41, 5.74) is 0.527. The van der Waals surface area contributed by atoms with Gasteiger partial charge in [0.05, 0.1) is 0 Å². The molecule has 0 aliphatic rings. The molecule has 0 heterocycles. The highest BCUT2D eigenvalue weighted by molar-refractivity contribution is 5.77. The van der Waals surface area contributed by atoms with Crippen molar-refractivity contribution in [2.45, 2.75) is 33.2 Å². The number of carboxylic acid groups (broad SMARTS) is 1. The third kappa shape index (κ3) is 4.85. The molecule has 2 N–H and O–H groups in total. The molecule has 1 aromatic carbocycles. The van der Waals surface area contributed by atoms with Crippen molar-refractivity contribution in [2.75, 3.05) is 5.32 Å². The van der Waals surface area contributed by atoms with Gasteiger partial charge < -0.3 is 10.4 Å². The highest BCUT2D eigenvalue weighted by Crippen LogP contribution is 2.23. The fourth-order valence-corrected chi connectivity index (χ4v) is 1.56. The molecule has 0 bridgehead atoms. The minimum absolute atomic E-state index is 0.0872. The summed E-state index contributed by atoms with van der Waals surface area (Å²) in [5, 5.41) is 12.0. The molecule has 0 radical (unpaired) electrons. The SMILES string of the molecule is CC(C)(C)CC(Nc1ccc(F)cc1)C(=O)O. The van der Waals surface area contributed by atoms with E-state index in [-0.39, 0.29) is 11.2 Å². The molecule has 1 aromatic rings. The molecule has 0 spiro atoms. The monoisotopic (exact) mass is 239 g/mol. The van der Waals surface area contributed by atoms with Gasteiger partial charge in [0.25, 0.3) is 0 Å². The summed E-state index contributed by atoms with van der Waals surface area (Å²) >= 11 is 0. The molecule has 94 valence electrons. The number of hydrogen-bond donors (Lipinski definition) is 2. The molecule has 0 aliphatic heterocycles. The first kappa shape index (κ1) is 13.5. The molecule has 1 unspecified atom stereocenters. The van der Waals surface area contributed by atoms with Gasteiger partial charge in [-0.2, -0.15) is 0 Å². The lowest BCUT2D eigenvalue weighted by Gasteiger charge is -2.24. The second-order valence-corrected chi connectivity index (χ2v) is 5.31. The van der Waals surface area contributed by atoms with E-state index in [0.717, 1.165) is 0 Å². The molecule has 4 heteroatoms. The van der Waals surface area contributed by atoms with Gasteiger partial charge >= 0.3 is 5.97 Å². The fourth-order valence-electron chi connectivity index (χ4n) is 1.56. The highest BCUT2D eigenvalue weighted by Gasteiger charge is 2.24. The number of benzene rings is 1. The highest BCUT2D eigenvalue weighted by atomic mass is 19.1. The summed E-state index contributed by atoms with van der Waals surface area (Å²) in [7, 11) is 0. The van der Waals surface area contributed by atoms with Crippen LogP contribution in [0.4, 0.5) is 10.1 Å². The first-order chi connectivity index (χ1) is 7.78. The Morgan fingerprint density at radius 1 is 1.35 bits per heavy atom. The van der Waals surface area contributed by atoms with Crippen LogP contribution in [0.15, 0.2) is 24.3 Å². The molecule has 3 nitrogen and oxygen atoms in total. The number of nitrogens with one attached hydrogen (secondary N) is 1. The minimum atomic E-state index is -0.899. The minimum Gasteiger partial charge on any atom is -0.480 e. The van der Waals surface area contributed by atoms with Crippen LogP contribution in [0.3, 0.4) is 0 Å². The van der Waals surface area contributed by atoms with Gasteiger partial charge in [-0.15, -0.1) is 0 Å². The van der Waals surface area contributed by atoms with Crippen molar-refractivity contribution in [1.82, 2.24) is 0 Å². The van der Waals surface area contributed by atoms with Crippen molar-refractivity contribution in [1.29, 1.82) is 0 Å². The quantitative estimate of drug-likeness (QED) is 0.848. The third-order valence-electron chi connectivity index (χ3n) is 2.30. The number of anilines is 1. The zero-order valence-electron chi connectivity index (χ0n) is 10.3. The zero-order chi connectivity index (χ0) is 13.1. The first-order valence-electron chi connectivity index (χ1n) is 5.53. The van der Waals surface area contributed by atoms with Gasteiger partial charge in [0, 0.05) is 5.69 Å². The van der Waals surface area contributed by atoms with Crippen LogP contribution in [-0.2, 0) is 4.79 Å². The molecule has 0 saturated carbocycles. The predicted molar refractivity (Wildman–Crippen MR) is 65.5 cm³/mol. The van der Waals surface area contributed by atoms with Crippen LogP contribution >= 0.6 is 0 Å². The van der Waals surface area contributed by atoms with Crippen molar-refractivity contribution in [3.05, 3.63) is 30.1 Å². The Morgan fingerprint density at radius 2 is 1.88 bits per heavy atom. The van der Waals surface area contributed by atoms with E-state index < -0.39 is 12.0 Å². The normalized spacial score (nSPS) is 13.2. The van der Waals surface area contributed by atoms with Crippen molar-refractivity contribution in [3.8, 4) is 0 Å². The summed E-state index contributed by atoms with van der Waals surface area (Å²) in [6.45, 7) is 5.94. The summed E-state index contributed by atoms with van der Waals surface area (Å²) in [4.78, 5) is 11.1. The van der Waals surface area contributed by atoms with Gasteiger partial charge in [-0.3, -0.25) is 0 Å². The van der Waals surface area contributed by atoms with Crippen molar-refractivity contribution in [3.63, 3.8) is 0 Å². The van der Waals surface area contributed by atoms with Crippen molar-refractivity contribution >= 4 is 11.7 Å². The number of aliphatic carboxylic acids is 1. The summed E-state index contributed by atoms with van der Waals surface area (Å²) < 4.78 is 12.7. The number of carbonyl (C=O) groups is 1. The largest absolute Gasteiger partial charge is 0.480 e. The maximum absolute atomic E-state index is 12.7. The smallest absolute Gasteiger partial charge is 0.326 e. The topological polar surface area (TPSA) is 49.3 Å². The van der Waals surface area contributed by atoms with E-state index in [9.17, 15) is 9.18 Å². The fraction of sp³-hybridized carbons (Fsp3) is 0.462. The Labute approximate surface area is 101 Å². The van der Waals surface area contributed by atoms with E-state index in [4.69, 9.17) is 5.11 Å². The second kappa shape index (κ2) is 5.17. The van der Waals surface area contributed by atoms with Gasteiger partial charge in [-0.05, 0) is 36.1 Å². The standard InChI is InChI=1S/C13H18FNO2/c1-13(2,3)8-11(12(16)17)15-10-6-4-9(14)5-7-10/h4-7,11,15H,8H2,1-3H3,(H,16,17). The maximum Gasteiger partial charge on any atom is 0.326 e. The van der Waals surface area contributed by atoms with E-state index in [0.29, 0.717) is 12.1 Å². The van der Waals surface area contributed by atoms with Gasteiger partial charge in [-0.25, -0.2) is 9.18 Å². The van der Waals surface area contributed by atoms with Crippen molar-refractivity contribution in [2.24, 2.45) is 5.41 Å². The molecule has 0 aromatic heterocycles. The Hall–Kier alpha value is -1.58. The zero-order valence-corrected chi connectivity index (χ0v) is 10.3. The van der Waals surface area contributed by atoms with Crippen LogP contribution in [0.5, 0.6) is 0 Å². The van der Waals surface area contributed by atoms with Crippen LogP contribution in [0, 0.1) is 11.2 Å². The molecular weight excluding hydrogens is 221 g/mol. The van der Waals surface area contributed by atoms with Crippen LogP contribution in [0.2, 0.25) is 0 Å². The van der Waals surface area contributed by atoms with Gasteiger partial charge in [0.2, 0.25) is 0 Å². The van der Waals surface area contributed by atoms with Crippen LogP contribution in [-0.4, -0.2) is 17.1 Å². The maximum atomic E-state index is 12.7. The Bertz CT molecular complexity index is 381. The van der Waals surface area contributed by atoms with E-state index in [2.05, 4.69) is 5.32 Å². The van der Waals surface area contributed by atoms with Gasteiger partial charge in [0.15, 0.2) is 0 Å². The lowest BCUT2D eigenvalue weighted by atomic mass is 9.88. The molecule has 1 rings (SSSR count). The lowest BCUT2D eigenvalue weighted by molar-refractivity contribution is -0.138. The number of hydrogen-bond acceptors (Lipinski definition) is 2. The number of carboxylic acids is 1. The predicted octanol–water partition coefficient (Wildman–Crippen LogP) is 3.13. The van der Waals surface area contributed by atoms with E-state index in [1.54, 1.807) is 0 Å². The average molecular weight is 239 g/mol. The van der Waals surface area contributed by atoms with E-state index >= 15 is 0 Å². The molecule has 1 atom stereocenters. The average Bonchev–Trinajstić information content (AvgIpc) is 2.18. The number of halogens is 1. The Kier molecular flexibility index (Phi) is 4.10. The van der Waals surface area contributed by atoms with Crippen LogP contribution in [0.1, 0.15) is 27.2 Å². The second-order valence-electron chi connectivity index (χ2n) is 5.31. The molecule has 0 amide bonds. The molecule has 0 aliphatic carbocycles. The molecule has 0 fully saturated rings. The van der Waals surface area contributed by atoms with E-state index in [1.807, 2.05) is 20.8 Å². The van der Waals surface area contributed by atoms with Crippen LogP contribution in [0.25, 0.3) is 0 Å².